The zero-order chi connectivity index (χ0) is 12.6. The lowest BCUT2D eigenvalue weighted by molar-refractivity contribution is 0.0679. The van der Waals surface area contributed by atoms with E-state index in [0.717, 1.165) is 19.5 Å². The summed E-state index contributed by atoms with van der Waals surface area (Å²) in [6, 6.07) is 1.73. The van der Waals surface area contributed by atoms with Crippen molar-refractivity contribution in [2.75, 3.05) is 13.1 Å². The van der Waals surface area contributed by atoms with Crippen LogP contribution in [0.3, 0.4) is 0 Å². The molecule has 1 saturated heterocycles. The molecule has 1 atom stereocenters. The Kier molecular flexibility index (Phi) is 2.95. The summed E-state index contributed by atoms with van der Waals surface area (Å²) in [5.74, 6) is -0.906. The Balaban J connectivity index is 2.15. The Morgan fingerprint density at radius 2 is 2.24 bits per heavy atom. The topological polar surface area (TPSA) is 58.4 Å². The minimum Gasteiger partial charge on any atom is -0.477 e. The first-order valence-corrected chi connectivity index (χ1v) is 5.91. The van der Waals surface area contributed by atoms with E-state index in [1.165, 1.54) is 0 Å². The first-order valence-electron chi connectivity index (χ1n) is 5.91. The van der Waals surface area contributed by atoms with Gasteiger partial charge in [-0.1, -0.05) is 0 Å². The van der Waals surface area contributed by atoms with E-state index < -0.39 is 5.97 Å². The molecule has 0 radical (unpaired) electrons. The molecular weight excluding hydrogens is 218 g/mol. The fourth-order valence-corrected chi connectivity index (χ4v) is 2.33. The van der Waals surface area contributed by atoms with Crippen molar-refractivity contribution in [2.24, 2.45) is 0 Å². The summed E-state index contributed by atoms with van der Waals surface area (Å²) in [4.78, 5) is 13.4. The van der Waals surface area contributed by atoms with E-state index in [9.17, 15) is 4.79 Å². The maximum atomic E-state index is 11.0. The maximum Gasteiger partial charge on any atom is 0.354 e. The Bertz CT molecular complexity index is 420. The number of nitrogens with zero attached hydrogens (tertiary/aromatic N) is 3. The Morgan fingerprint density at radius 3 is 2.76 bits per heavy atom. The molecule has 0 aromatic carbocycles. The van der Waals surface area contributed by atoms with Crippen LogP contribution in [0.4, 0.5) is 0 Å². The molecular formula is C12H19N3O2. The molecule has 1 aromatic heterocycles. The lowest BCUT2D eigenvalue weighted by atomic mass is 10.1. The quantitative estimate of drug-likeness (QED) is 0.849. The molecule has 0 bridgehead atoms. The normalized spacial score (nSPS) is 21.9. The molecule has 1 fully saturated rings. The molecule has 2 heterocycles. The largest absolute Gasteiger partial charge is 0.477 e. The molecule has 1 N–H and O–H groups in total. The lowest BCUT2D eigenvalue weighted by Gasteiger charge is -2.31. The number of aromatic nitrogens is 2. The number of carboxylic acid groups (broad SMARTS) is 1. The van der Waals surface area contributed by atoms with Crippen molar-refractivity contribution < 1.29 is 9.90 Å². The minimum atomic E-state index is -0.906. The molecule has 0 spiro atoms. The van der Waals surface area contributed by atoms with Crippen molar-refractivity contribution in [3.05, 3.63) is 18.0 Å². The van der Waals surface area contributed by atoms with Gasteiger partial charge >= 0.3 is 5.97 Å². The highest BCUT2D eigenvalue weighted by Crippen LogP contribution is 2.27. The van der Waals surface area contributed by atoms with Crippen LogP contribution in [0, 0.1) is 0 Å². The Morgan fingerprint density at radius 1 is 1.53 bits per heavy atom. The lowest BCUT2D eigenvalue weighted by Crippen LogP contribution is -2.39. The van der Waals surface area contributed by atoms with Gasteiger partial charge in [0.05, 0.1) is 6.04 Å². The van der Waals surface area contributed by atoms with E-state index in [4.69, 9.17) is 5.11 Å². The molecule has 17 heavy (non-hydrogen) atoms. The third-order valence-electron chi connectivity index (χ3n) is 3.35. The fourth-order valence-electron chi connectivity index (χ4n) is 2.33. The summed E-state index contributed by atoms with van der Waals surface area (Å²) in [5, 5.41) is 13.2. The van der Waals surface area contributed by atoms with Gasteiger partial charge in [-0.15, -0.1) is 0 Å². The summed E-state index contributed by atoms with van der Waals surface area (Å²) in [5.41, 5.74) is 0.413. The van der Waals surface area contributed by atoms with Gasteiger partial charge < -0.3 is 5.11 Å². The second kappa shape index (κ2) is 4.14. The van der Waals surface area contributed by atoms with E-state index in [1.807, 2.05) is 0 Å². The standard InChI is InChI=1S/C12H19N3O2/c1-12(2,3)14-7-5-9(8-14)15-10(11(16)17)4-6-13-15/h4,6,9H,5,7-8H2,1-3H3,(H,16,17). The molecule has 0 amide bonds. The van der Waals surface area contributed by atoms with Crippen molar-refractivity contribution in [2.45, 2.75) is 38.8 Å². The highest BCUT2D eigenvalue weighted by atomic mass is 16.4. The van der Waals surface area contributed by atoms with Crippen LogP contribution in [-0.4, -0.2) is 44.4 Å². The van der Waals surface area contributed by atoms with Crippen molar-refractivity contribution >= 4 is 5.97 Å². The van der Waals surface area contributed by atoms with Crippen LogP contribution >= 0.6 is 0 Å². The van der Waals surface area contributed by atoms with Crippen LogP contribution in [0.15, 0.2) is 12.3 Å². The van der Waals surface area contributed by atoms with Gasteiger partial charge in [-0.3, -0.25) is 9.58 Å². The molecule has 1 unspecified atom stereocenters. The first kappa shape index (κ1) is 12.1. The van der Waals surface area contributed by atoms with Gasteiger partial charge in [0.25, 0.3) is 0 Å². The van der Waals surface area contributed by atoms with Crippen molar-refractivity contribution in [1.29, 1.82) is 0 Å². The van der Waals surface area contributed by atoms with Gasteiger partial charge in [0, 0.05) is 24.8 Å². The Hall–Kier alpha value is -1.36. The number of likely N-dealkylation sites (tertiary alicyclic amines) is 1. The molecule has 1 aromatic rings. The maximum absolute atomic E-state index is 11.0. The van der Waals surface area contributed by atoms with Crippen molar-refractivity contribution in [3.8, 4) is 0 Å². The molecule has 0 saturated carbocycles. The number of aromatic carboxylic acids is 1. The van der Waals surface area contributed by atoms with Gasteiger partial charge in [-0.25, -0.2) is 4.79 Å². The summed E-state index contributed by atoms with van der Waals surface area (Å²) < 4.78 is 1.65. The van der Waals surface area contributed by atoms with Crippen LogP contribution in [-0.2, 0) is 0 Å². The number of carboxylic acids is 1. The zero-order valence-electron chi connectivity index (χ0n) is 10.6. The summed E-state index contributed by atoms with van der Waals surface area (Å²) in [7, 11) is 0. The van der Waals surface area contributed by atoms with E-state index in [0.29, 0.717) is 0 Å². The van der Waals surface area contributed by atoms with Crippen molar-refractivity contribution in [1.82, 2.24) is 14.7 Å². The molecule has 1 aliphatic heterocycles. The van der Waals surface area contributed by atoms with Crippen molar-refractivity contribution in [3.63, 3.8) is 0 Å². The molecule has 0 aliphatic carbocycles. The molecule has 5 heteroatoms. The Labute approximate surface area is 101 Å². The SMILES string of the molecule is CC(C)(C)N1CCC(n2nccc2C(=O)O)C1. The molecule has 94 valence electrons. The van der Waals surface area contributed by atoms with Gasteiger partial charge in [0.15, 0.2) is 0 Å². The van der Waals surface area contributed by atoms with Crippen LogP contribution in [0.25, 0.3) is 0 Å². The van der Waals surface area contributed by atoms with E-state index in [2.05, 4.69) is 30.8 Å². The number of carbonyl (C=O) groups is 1. The highest BCUT2D eigenvalue weighted by Gasteiger charge is 2.32. The average molecular weight is 237 g/mol. The fraction of sp³-hybridized carbons (Fsp3) is 0.667. The zero-order valence-corrected chi connectivity index (χ0v) is 10.6. The second-order valence-electron chi connectivity index (χ2n) is 5.53. The third kappa shape index (κ3) is 2.34. The van der Waals surface area contributed by atoms with Gasteiger partial charge in [-0.2, -0.15) is 5.10 Å². The van der Waals surface area contributed by atoms with Gasteiger partial charge in [-0.05, 0) is 33.3 Å². The van der Waals surface area contributed by atoms with Crippen LogP contribution in [0.5, 0.6) is 0 Å². The van der Waals surface area contributed by atoms with E-state index in [1.54, 1.807) is 16.9 Å². The minimum absolute atomic E-state index is 0.130. The predicted molar refractivity (Wildman–Crippen MR) is 64.2 cm³/mol. The third-order valence-corrected chi connectivity index (χ3v) is 3.35. The summed E-state index contributed by atoms with van der Waals surface area (Å²) in [6.07, 6.45) is 2.52. The smallest absolute Gasteiger partial charge is 0.354 e. The number of rotatable bonds is 2. The number of hydrogen-bond donors (Lipinski definition) is 1. The summed E-state index contributed by atoms with van der Waals surface area (Å²) in [6.45, 7) is 8.39. The highest BCUT2D eigenvalue weighted by molar-refractivity contribution is 5.85. The van der Waals surface area contributed by atoms with Crippen LogP contribution in [0.2, 0.25) is 0 Å². The van der Waals surface area contributed by atoms with Gasteiger partial charge in [0.2, 0.25) is 0 Å². The predicted octanol–water partition coefficient (Wildman–Crippen LogP) is 1.63. The summed E-state index contributed by atoms with van der Waals surface area (Å²) >= 11 is 0. The number of hydrogen-bond acceptors (Lipinski definition) is 3. The van der Waals surface area contributed by atoms with E-state index in [-0.39, 0.29) is 17.3 Å². The van der Waals surface area contributed by atoms with Crippen LogP contribution < -0.4 is 0 Å². The average Bonchev–Trinajstić information content (AvgIpc) is 2.85. The van der Waals surface area contributed by atoms with Gasteiger partial charge in [0.1, 0.15) is 5.69 Å². The molecule has 5 nitrogen and oxygen atoms in total. The van der Waals surface area contributed by atoms with Crippen LogP contribution in [0.1, 0.15) is 43.7 Å². The molecule has 2 rings (SSSR count). The first-order chi connectivity index (χ1) is 7.89. The molecule has 1 aliphatic rings. The van der Waals surface area contributed by atoms with E-state index >= 15 is 0 Å². The second-order valence-corrected chi connectivity index (χ2v) is 5.53. The monoisotopic (exact) mass is 237 g/mol.